The van der Waals surface area contributed by atoms with E-state index in [1.54, 1.807) is 33.9 Å². The maximum Gasteiger partial charge on any atom is 0.260 e. The maximum absolute atomic E-state index is 14.5. The average Bonchev–Trinajstić information content (AvgIpc) is 3.56. The molecule has 3 N–H and O–H groups in total. The van der Waals surface area contributed by atoms with Crippen LogP contribution in [0.5, 0.6) is 0 Å². The smallest absolute Gasteiger partial charge is 0.260 e. The summed E-state index contributed by atoms with van der Waals surface area (Å²) in [5.41, 5.74) is 13.1. The van der Waals surface area contributed by atoms with Gasteiger partial charge in [0.25, 0.3) is 11.5 Å². The molecule has 0 saturated carbocycles. The molecule has 0 spiro atoms. The van der Waals surface area contributed by atoms with Crippen LogP contribution >= 0.6 is 0 Å². The number of nitrogens with two attached hydrogens (primary N) is 1. The molecule has 224 valence electrons. The van der Waals surface area contributed by atoms with Crippen molar-refractivity contribution in [2.75, 3.05) is 5.73 Å². The van der Waals surface area contributed by atoms with Crippen LogP contribution in [-0.4, -0.2) is 66.2 Å². The molecule has 4 aromatic heterocycles. The van der Waals surface area contributed by atoms with Crippen molar-refractivity contribution in [1.82, 2.24) is 34.3 Å². The first-order valence-corrected chi connectivity index (χ1v) is 14.8. The molecule has 10 nitrogen and oxygen atoms in total. The van der Waals surface area contributed by atoms with Gasteiger partial charge in [0, 0.05) is 37.2 Å². The van der Waals surface area contributed by atoms with Crippen LogP contribution in [0.4, 0.5) is 5.82 Å². The zero-order chi connectivity index (χ0) is 33.3. The Bertz CT molecular complexity index is 2280. The number of fused-ring (bicyclic) bond motifs is 2. The number of aryl methyl sites for hydroxylation is 1. The lowest BCUT2D eigenvalue weighted by Crippen LogP contribution is -2.33. The molecule has 0 fully saturated rings. The molecule has 0 aliphatic heterocycles. The number of allylic oxidation sites excluding steroid dienone is 4. The van der Waals surface area contributed by atoms with Crippen LogP contribution in [0.15, 0.2) is 75.6 Å². The van der Waals surface area contributed by atoms with Gasteiger partial charge in [0.2, 0.25) is 0 Å². The Hall–Kier alpha value is -5.61. The summed E-state index contributed by atoms with van der Waals surface area (Å²) in [6, 6.07) is 8.63. The normalized spacial score (nSPS) is 12.9. The minimum absolute atomic E-state index is 0.0620. The summed E-state index contributed by atoms with van der Waals surface area (Å²) in [5.74, 6) is 8.71. The number of hydrogen-bond acceptors (Lipinski definition) is 6. The van der Waals surface area contributed by atoms with E-state index < -0.39 is 11.9 Å². The number of nitrogen functional groups attached to an aromatic ring is 1. The van der Waals surface area contributed by atoms with Gasteiger partial charge in [0.05, 0.1) is 28.9 Å². The lowest BCUT2D eigenvalue weighted by molar-refractivity contribution is 0.0940. The third-order valence-corrected chi connectivity index (χ3v) is 8.56. The van der Waals surface area contributed by atoms with Crippen molar-refractivity contribution < 1.29 is 4.79 Å². The minimum atomic E-state index is -0.590. The predicted octanol–water partition coefficient (Wildman–Crippen LogP) is -0.852. The molecule has 5 rings (SSSR count). The van der Waals surface area contributed by atoms with Crippen LogP contribution in [-0.2, 0) is 13.6 Å². The van der Waals surface area contributed by atoms with Gasteiger partial charge in [-0.25, -0.2) is 9.50 Å². The highest BCUT2D eigenvalue weighted by Gasteiger charge is 2.23. The average molecular weight is 604 g/mol. The summed E-state index contributed by atoms with van der Waals surface area (Å²) >= 11 is 0. The number of terminal acetylenes is 1. The largest absolute Gasteiger partial charge is 0.381 e. The van der Waals surface area contributed by atoms with Crippen LogP contribution in [0.25, 0.3) is 16.4 Å². The molecule has 0 aliphatic rings. The maximum atomic E-state index is 14.5. The first-order chi connectivity index (χ1) is 21.9. The van der Waals surface area contributed by atoms with E-state index in [0.717, 1.165) is 33.1 Å². The van der Waals surface area contributed by atoms with E-state index in [0.29, 0.717) is 27.7 Å². The number of nitrogens with one attached hydrogen (secondary N) is 1. The zero-order valence-electron chi connectivity index (χ0n) is 27.1. The van der Waals surface area contributed by atoms with E-state index in [-0.39, 0.29) is 23.5 Å². The van der Waals surface area contributed by atoms with Crippen LogP contribution in [0.1, 0.15) is 45.8 Å². The summed E-state index contributed by atoms with van der Waals surface area (Å²) in [6.45, 7) is 4.05. The highest BCUT2D eigenvalue weighted by Crippen LogP contribution is 2.24. The number of hydrogen-bond donors (Lipinski definition) is 2. The first kappa shape index (κ1) is 31.8. The third kappa shape index (κ3) is 5.90. The quantitative estimate of drug-likeness (QED) is 0.148. The number of benzene rings is 1. The molecule has 1 amide bonds. The van der Waals surface area contributed by atoms with Gasteiger partial charge in [-0.2, -0.15) is 5.10 Å². The van der Waals surface area contributed by atoms with Crippen LogP contribution in [0.2, 0.25) is 0 Å². The Labute approximate surface area is 270 Å². The fraction of sp³-hybridized carbons (Fsp3) is 0.156. The van der Waals surface area contributed by atoms with Crippen molar-refractivity contribution >= 4 is 59.5 Å². The van der Waals surface area contributed by atoms with Crippen LogP contribution < -0.4 is 16.6 Å². The van der Waals surface area contributed by atoms with E-state index in [9.17, 15) is 9.59 Å². The number of amides is 1. The van der Waals surface area contributed by atoms with Crippen molar-refractivity contribution in [3.63, 3.8) is 0 Å². The van der Waals surface area contributed by atoms with E-state index in [4.69, 9.17) is 12.2 Å². The summed E-state index contributed by atoms with van der Waals surface area (Å²) in [4.78, 5) is 32.3. The number of rotatable bonds is 6. The third-order valence-electron chi connectivity index (χ3n) is 8.56. The van der Waals surface area contributed by atoms with Crippen molar-refractivity contribution in [3.8, 4) is 24.2 Å². The van der Waals surface area contributed by atoms with Crippen molar-refractivity contribution in [3.05, 3.63) is 109 Å². The summed E-state index contributed by atoms with van der Waals surface area (Å²) in [6.07, 6.45) is 10.6. The monoisotopic (exact) mass is 604 g/mol. The molecular weight excluding hydrogens is 572 g/mol. The molecular formula is C32H32B4N8O2. The summed E-state index contributed by atoms with van der Waals surface area (Å²) in [7, 11) is 9.71. The number of pyridine rings is 1. The van der Waals surface area contributed by atoms with Gasteiger partial charge in [-0.05, 0) is 42.9 Å². The van der Waals surface area contributed by atoms with Gasteiger partial charge in [-0.15, -0.1) is 17.0 Å². The zero-order valence-corrected chi connectivity index (χ0v) is 27.1. The van der Waals surface area contributed by atoms with Crippen molar-refractivity contribution in [1.29, 1.82) is 0 Å². The lowest BCUT2D eigenvalue weighted by Gasteiger charge is -2.22. The Morgan fingerprint density at radius 2 is 1.87 bits per heavy atom. The molecule has 46 heavy (non-hydrogen) atoms. The van der Waals surface area contributed by atoms with Crippen molar-refractivity contribution in [2.24, 2.45) is 7.05 Å². The SMILES string of the molecule is B/C(C#C)=C(B)/C(B)=C(/B)Cn1c(C(C)NC(=O)c2c(N)nn3cccnc23)cc2cccc(C#Cc3cnn(C)c3C)c2c1=O. The molecule has 1 atom stereocenters. The molecule has 0 saturated heterocycles. The van der Waals surface area contributed by atoms with E-state index in [2.05, 4.69) is 38.3 Å². The fourth-order valence-electron chi connectivity index (χ4n) is 5.33. The first-order valence-electron chi connectivity index (χ1n) is 14.8. The van der Waals surface area contributed by atoms with Crippen LogP contribution in [0.3, 0.4) is 0 Å². The standard InChI is InChI=1S/C32H32B4N8O2/c1-5-22(33)27(35)28(36)23(34)16-43-24(17(2)40-31(45)26-29(37)41-44-13-7-12-38-30(26)44)14-20-9-6-8-19(25(20)32(43)46)10-11-21-15-39-42(4)18(21)3/h1,6-9,12-15,17H,16,33-36H2,2-4H3,(H2,37,41)(H,40,45)/b27-22-,28-23-. The Balaban J connectivity index is 1.66. The Kier molecular flexibility index (Phi) is 8.84. The topological polar surface area (TPSA) is 125 Å². The second-order valence-electron chi connectivity index (χ2n) is 11.4. The number of aromatic nitrogens is 6. The number of carbonyl (C=O) groups excluding carboxylic acids is 1. The molecule has 0 aliphatic carbocycles. The van der Waals surface area contributed by atoms with Gasteiger partial charge in [0.1, 0.15) is 36.9 Å². The van der Waals surface area contributed by atoms with Gasteiger partial charge in [-0.1, -0.05) is 40.8 Å². The molecule has 14 heteroatoms. The molecule has 1 aromatic carbocycles. The van der Waals surface area contributed by atoms with Gasteiger partial charge in [0.15, 0.2) is 11.5 Å². The Morgan fingerprint density at radius 1 is 1.13 bits per heavy atom. The highest BCUT2D eigenvalue weighted by molar-refractivity contribution is 6.44. The molecule has 0 radical (unpaired) electrons. The Morgan fingerprint density at radius 3 is 2.57 bits per heavy atom. The van der Waals surface area contributed by atoms with E-state index in [1.807, 2.05) is 76.5 Å². The predicted molar refractivity (Wildman–Crippen MR) is 192 cm³/mol. The second kappa shape index (κ2) is 12.8. The minimum Gasteiger partial charge on any atom is -0.381 e. The molecule has 1 unspecified atom stereocenters. The van der Waals surface area contributed by atoms with Crippen molar-refractivity contribution in [2.45, 2.75) is 26.4 Å². The number of carbonyl (C=O) groups is 1. The van der Waals surface area contributed by atoms with Gasteiger partial charge < -0.3 is 15.6 Å². The lowest BCUT2D eigenvalue weighted by atomic mass is 9.66. The van der Waals surface area contributed by atoms with Crippen LogP contribution in [0, 0.1) is 31.1 Å². The molecule has 0 bridgehead atoms. The van der Waals surface area contributed by atoms with Gasteiger partial charge >= 0.3 is 0 Å². The summed E-state index contributed by atoms with van der Waals surface area (Å²) in [5, 5.41) is 12.7. The molecule has 5 aromatic rings. The van der Waals surface area contributed by atoms with Gasteiger partial charge in [-0.3, -0.25) is 14.3 Å². The fourth-order valence-corrected chi connectivity index (χ4v) is 5.33. The number of nitrogens with zero attached hydrogens (tertiary/aromatic N) is 6. The van der Waals surface area contributed by atoms with E-state index >= 15 is 0 Å². The summed E-state index contributed by atoms with van der Waals surface area (Å²) < 4.78 is 4.92. The van der Waals surface area contributed by atoms with E-state index in [1.165, 1.54) is 4.52 Å². The number of anilines is 1. The highest BCUT2D eigenvalue weighted by atomic mass is 16.2. The molecule has 4 heterocycles. The second-order valence-corrected chi connectivity index (χ2v) is 11.4.